The Morgan fingerprint density at radius 3 is 2.68 bits per heavy atom. The van der Waals surface area contributed by atoms with Crippen LogP contribution in [-0.4, -0.2) is 42.4 Å². The standard InChI is InChI=1S/C19H21N3O3/c1-24-12-6-11-20-18-13-7-3-4-9-15(13)21-19(22-18)14-8-5-10-16(25-2)17(14)23/h3-5,7-10,23H,6,11-12H2,1-2H3,(H,20,21,22). The van der Waals surface area contributed by atoms with E-state index >= 15 is 0 Å². The first-order chi connectivity index (χ1) is 12.2. The molecular weight excluding hydrogens is 318 g/mol. The van der Waals surface area contributed by atoms with Gasteiger partial charge in [-0.05, 0) is 30.7 Å². The van der Waals surface area contributed by atoms with Crippen molar-refractivity contribution in [2.24, 2.45) is 0 Å². The molecule has 3 aromatic rings. The predicted octanol–water partition coefficient (Wildman–Crippen LogP) is 3.46. The maximum Gasteiger partial charge on any atom is 0.168 e. The Bertz CT molecular complexity index is 868. The van der Waals surface area contributed by atoms with Crippen molar-refractivity contribution in [2.75, 3.05) is 32.7 Å². The highest BCUT2D eigenvalue weighted by Gasteiger charge is 2.14. The van der Waals surface area contributed by atoms with E-state index in [0.717, 1.165) is 29.7 Å². The molecule has 0 saturated carbocycles. The van der Waals surface area contributed by atoms with Crippen LogP contribution >= 0.6 is 0 Å². The smallest absolute Gasteiger partial charge is 0.168 e. The van der Waals surface area contributed by atoms with Crippen LogP contribution in [0.1, 0.15) is 6.42 Å². The van der Waals surface area contributed by atoms with Gasteiger partial charge >= 0.3 is 0 Å². The highest BCUT2D eigenvalue weighted by Crippen LogP contribution is 2.36. The molecule has 3 rings (SSSR count). The first-order valence-corrected chi connectivity index (χ1v) is 8.10. The summed E-state index contributed by atoms with van der Waals surface area (Å²) >= 11 is 0. The molecule has 0 amide bonds. The topological polar surface area (TPSA) is 76.5 Å². The highest BCUT2D eigenvalue weighted by atomic mass is 16.5. The number of para-hydroxylation sites is 2. The third-order valence-electron chi connectivity index (χ3n) is 3.88. The maximum absolute atomic E-state index is 10.4. The van der Waals surface area contributed by atoms with Crippen molar-refractivity contribution in [1.82, 2.24) is 9.97 Å². The lowest BCUT2D eigenvalue weighted by atomic mass is 10.1. The number of nitrogens with zero attached hydrogens (tertiary/aromatic N) is 2. The first-order valence-electron chi connectivity index (χ1n) is 8.10. The molecule has 25 heavy (non-hydrogen) atoms. The van der Waals surface area contributed by atoms with Gasteiger partial charge in [0.1, 0.15) is 5.82 Å². The van der Waals surface area contributed by atoms with E-state index in [0.29, 0.717) is 23.7 Å². The molecule has 0 atom stereocenters. The van der Waals surface area contributed by atoms with Gasteiger partial charge < -0.3 is 19.9 Å². The summed E-state index contributed by atoms with van der Waals surface area (Å²) in [6.45, 7) is 1.41. The van der Waals surface area contributed by atoms with Crippen LogP contribution in [0.15, 0.2) is 42.5 Å². The molecule has 1 heterocycles. The molecule has 0 spiro atoms. The number of fused-ring (bicyclic) bond motifs is 1. The van der Waals surface area contributed by atoms with E-state index in [1.54, 1.807) is 25.3 Å². The zero-order valence-electron chi connectivity index (χ0n) is 14.3. The Morgan fingerprint density at radius 1 is 1.04 bits per heavy atom. The van der Waals surface area contributed by atoms with Crippen molar-refractivity contribution in [3.8, 4) is 22.9 Å². The molecule has 0 bridgehead atoms. The number of phenols is 1. The van der Waals surface area contributed by atoms with Crippen LogP contribution in [-0.2, 0) is 4.74 Å². The van der Waals surface area contributed by atoms with Gasteiger partial charge in [-0.1, -0.05) is 18.2 Å². The zero-order chi connectivity index (χ0) is 17.6. The van der Waals surface area contributed by atoms with Crippen molar-refractivity contribution in [2.45, 2.75) is 6.42 Å². The summed E-state index contributed by atoms with van der Waals surface area (Å²) < 4.78 is 10.3. The summed E-state index contributed by atoms with van der Waals surface area (Å²) in [5, 5.41) is 14.7. The summed E-state index contributed by atoms with van der Waals surface area (Å²) in [4.78, 5) is 9.22. The number of phenolic OH excluding ortho intramolecular Hbond substituents is 1. The van der Waals surface area contributed by atoms with E-state index < -0.39 is 0 Å². The quantitative estimate of drug-likeness (QED) is 0.642. The van der Waals surface area contributed by atoms with E-state index in [2.05, 4.69) is 15.3 Å². The number of aromatic nitrogens is 2. The van der Waals surface area contributed by atoms with Crippen LogP contribution < -0.4 is 10.1 Å². The minimum atomic E-state index is 0.0330. The molecule has 0 unspecified atom stereocenters. The van der Waals surface area contributed by atoms with Gasteiger partial charge in [0.2, 0.25) is 0 Å². The minimum absolute atomic E-state index is 0.0330. The molecule has 6 heteroatoms. The molecule has 0 aliphatic carbocycles. The number of methoxy groups -OCH3 is 2. The molecule has 2 N–H and O–H groups in total. The third kappa shape index (κ3) is 3.64. The summed E-state index contributed by atoms with van der Waals surface area (Å²) in [5.41, 5.74) is 1.34. The SMILES string of the molecule is COCCCNc1nc(-c2cccc(OC)c2O)nc2ccccc12. The second kappa shape index (κ2) is 7.81. The number of ether oxygens (including phenoxy) is 2. The molecule has 0 radical (unpaired) electrons. The number of anilines is 1. The van der Waals surface area contributed by atoms with Crippen LogP contribution in [0.3, 0.4) is 0 Å². The van der Waals surface area contributed by atoms with Crippen LogP contribution in [0, 0.1) is 0 Å². The van der Waals surface area contributed by atoms with Gasteiger partial charge in [0, 0.05) is 25.6 Å². The monoisotopic (exact) mass is 339 g/mol. The van der Waals surface area contributed by atoms with Crippen molar-refractivity contribution < 1.29 is 14.6 Å². The average Bonchev–Trinajstić information content (AvgIpc) is 2.65. The number of nitrogens with one attached hydrogen (secondary N) is 1. The first kappa shape index (κ1) is 17.0. The normalized spacial score (nSPS) is 10.8. The fraction of sp³-hybridized carbons (Fsp3) is 0.263. The average molecular weight is 339 g/mol. The number of rotatable bonds is 7. The summed E-state index contributed by atoms with van der Waals surface area (Å²) in [7, 11) is 3.20. The molecule has 6 nitrogen and oxygen atoms in total. The minimum Gasteiger partial charge on any atom is -0.504 e. The van der Waals surface area contributed by atoms with E-state index in [4.69, 9.17) is 9.47 Å². The third-order valence-corrected chi connectivity index (χ3v) is 3.88. The van der Waals surface area contributed by atoms with Crippen molar-refractivity contribution in [3.63, 3.8) is 0 Å². The molecule has 1 aromatic heterocycles. The van der Waals surface area contributed by atoms with E-state index in [1.165, 1.54) is 7.11 Å². The van der Waals surface area contributed by atoms with Crippen LogP contribution in [0.5, 0.6) is 11.5 Å². The molecular formula is C19H21N3O3. The van der Waals surface area contributed by atoms with E-state index in [9.17, 15) is 5.11 Å². The largest absolute Gasteiger partial charge is 0.504 e. The van der Waals surface area contributed by atoms with Gasteiger partial charge in [0.05, 0.1) is 18.2 Å². The Balaban J connectivity index is 2.04. The van der Waals surface area contributed by atoms with Crippen LogP contribution in [0.25, 0.3) is 22.3 Å². The highest BCUT2D eigenvalue weighted by molar-refractivity contribution is 5.91. The summed E-state index contributed by atoms with van der Waals surface area (Å²) in [6, 6.07) is 13.1. The van der Waals surface area contributed by atoms with Crippen molar-refractivity contribution >= 4 is 16.7 Å². The second-order valence-corrected chi connectivity index (χ2v) is 5.54. The Labute approximate surface area is 146 Å². The van der Waals surface area contributed by atoms with E-state index in [-0.39, 0.29) is 5.75 Å². The lowest BCUT2D eigenvalue weighted by molar-refractivity contribution is 0.198. The molecule has 0 saturated heterocycles. The number of benzene rings is 2. The van der Waals surface area contributed by atoms with Gasteiger partial charge in [0.15, 0.2) is 17.3 Å². The summed E-state index contributed by atoms with van der Waals surface area (Å²) in [5.74, 6) is 1.61. The Kier molecular flexibility index (Phi) is 5.30. The Hall–Kier alpha value is -2.86. The lowest BCUT2D eigenvalue weighted by Crippen LogP contribution is -2.07. The lowest BCUT2D eigenvalue weighted by Gasteiger charge is -2.12. The molecule has 0 fully saturated rings. The second-order valence-electron chi connectivity index (χ2n) is 5.54. The molecule has 0 aliphatic heterocycles. The van der Waals surface area contributed by atoms with Crippen LogP contribution in [0.2, 0.25) is 0 Å². The van der Waals surface area contributed by atoms with Gasteiger partial charge in [-0.25, -0.2) is 9.97 Å². The maximum atomic E-state index is 10.4. The van der Waals surface area contributed by atoms with Crippen molar-refractivity contribution in [1.29, 1.82) is 0 Å². The Morgan fingerprint density at radius 2 is 1.88 bits per heavy atom. The van der Waals surface area contributed by atoms with Gasteiger partial charge in [-0.3, -0.25) is 0 Å². The number of hydrogen-bond acceptors (Lipinski definition) is 6. The van der Waals surface area contributed by atoms with Crippen LogP contribution in [0.4, 0.5) is 5.82 Å². The van der Waals surface area contributed by atoms with Crippen molar-refractivity contribution in [3.05, 3.63) is 42.5 Å². The van der Waals surface area contributed by atoms with E-state index in [1.807, 2.05) is 24.3 Å². The van der Waals surface area contributed by atoms with Gasteiger partial charge in [-0.2, -0.15) is 0 Å². The molecule has 0 aliphatic rings. The molecule has 130 valence electrons. The predicted molar refractivity (Wildman–Crippen MR) is 98.2 cm³/mol. The molecule has 2 aromatic carbocycles. The van der Waals surface area contributed by atoms with Gasteiger partial charge in [-0.15, -0.1) is 0 Å². The number of aromatic hydroxyl groups is 1. The summed E-state index contributed by atoms with van der Waals surface area (Å²) in [6.07, 6.45) is 0.870. The van der Waals surface area contributed by atoms with Gasteiger partial charge in [0.25, 0.3) is 0 Å². The fourth-order valence-corrected chi connectivity index (χ4v) is 2.62. The number of hydrogen-bond donors (Lipinski definition) is 2. The fourth-order valence-electron chi connectivity index (χ4n) is 2.62. The zero-order valence-corrected chi connectivity index (χ0v) is 14.3.